The van der Waals surface area contributed by atoms with E-state index in [1.54, 1.807) is 0 Å². The molecule has 2 heterocycles. The van der Waals surface area contributed by atoms with E-state index in [2.05, 4.69) is 17.4 Å². The summed E-state index contributed by atoms with van der Waals surface area (Å²) in [7, 11) is 0. The van der Waals surface area contributed by atoms with Gasteiger partial charge in [0.1, 0.15) is 0 Å². The first-order valence-electron chi connectivity index (χ1n) is 6.31. The van der Waals surface area contributed by atoms with Gasteiger partial charge in [0.25, 0.3) is 0 Å². The van der Waals surface area contributed by atoms with Gasteiger partial charge in [-0.2, -0.15) is 0 Å². The smallest absolute Gasteiger partial charge is 0.232 e. The zero-order chi connectivity index (χ0) is 12.7. The van der Waals surface area contributed by atoms with Crippen LogP contribution in [0, 0.1) is 5.92 Å². The number of rotatable bonds is 2. The summed E-state index contributed by atoms with van der Waals surface area (Å²) in [4.78, 5) is 25.0. The van der Waals surface area contributed by atoms with E-state index in [4.69, 9.17) is 0 Å². The van der Waals surface area contributed by atoms with Crippen LogP contribution in [-0.4, -0.2) is 16.7 Å². The summed E-state index contributed by atoms with van der Waals surface area (Å²) in [6, 6.07) is 6.19. The Labute approximate surface area is 106 Å². The Bertz CT molecular complexity index is 525. The molecular weight excluding hydrogens is 228 g/mol. The molecule has 2 amide bonds. The molecule has 94 valence electrons. The summed E-state index contributed by atoms with van der Waals surface area (Å²) in [6.45, 7) is 4.01. The second-order valence-electron chi connectivity index (χ2n) is 5.13. The number of carbonyl (C=O) groups excluding carboxylic acids is 2. The molecule has 4 heteroatoms. The van der Waals surface area contributed by atoms with Crippen LogP contribution >= 0.6 is 0 Å². The lowest BCUT2D eigenvalue weighted by Gasteiger charge is -2.15. The van der Waals surface area contributed by atoms with Gasteiger partial charge in [0, 0.05) is 25.4 Å². The molecular formula is C14H16N2O2. The normalized spacial score (nSPS) is 22.7. The molecule has 3 rings (SSSR count). The first-order chi connectivity index (χ1) is 8.65. The SMILES string of the molecule is CC1CC(=O)N(Cc2ccc3c(c2)CNC3)C1=O. The van der Waals surface area contributed by atoms with Crippen molar-refractivity contribution < 1.29 is 9.59 Å². The molecule has 0 saturated carbocycles. The summed E-state index contributed by atoms with van der Waals surface area (Å²) >= 11 is 0. The van der Waals surface area contributed by atoms with Crippen LogP contribution in [0.4, 0.5) is 0 Å². The fourth-order valence-electron chi connectivity index (χ4n) is 2.64. The minimum Gasteiger partial charge on any atom is -0.309 e. The van der Waals surface area contributed by atoms with Gasteiger partial charge in [-0.3, -0.25) is 14.5 Å². The Kier molecular flexibility index (Phi) is 2.67. The molecule has 1 aromatic carbocycles. The molecule has 1 unspecified atom stereocenters. The van der Waals surface area contributed by atoms with Crippen LogP contribution in [0.15, 0.2) is 18.2 Å². The third-order valence-corrected chi connectivity index (χ3v) is 3.71. The lowest BCUT2D eigenvalue weighted by Crippen LogP contribution is -2.29. The third kappa shape index (κ3) is 1.82. The Balaban J connectivity index is 1.81. The second-order valence-corrected chi connectivity index (χ2v) is 5.13. The van der Waals surface area contributed by atoms with E-state index in [0.29, 0.717) is 13.0 Å². The predicted molar refractivity (Wildman–Crippen MR) is 66.3 cm³/mol. The molecule has 1 aromatic rings. The number of nitrogens with zero attached hydrogens (tertiary/aromatic N) is 1. The largest absolute Gasteiger partial charge is 0.309 e. The molecule has 1 saturated heterocycles. The van der Waals surface area contributed by atoms with Crippen LogP contribution in [0.2, 0.25) is 0 Å². The third-order valence-electron chi connectivity index (χ3n) is 3.71. The van der Waals surface area contributed by atoms with Gasteiger partial charge in [-0.05, 0) is 16.7 Å². The number of imide groups is 1. The minimum absolute atomic E-state index is 0.0429. The van der Waals surface area contributed by atoms with Crippen molar-refractivity contribution in [2.24, 2.45) is 5.92 Å². The van der Waals surface area contributed by atoms with Crippen LogP contribution < -0.4 is 5.32 Å². The average molecular weight is 244 g/mol. The number of likely N-dealkylation sites (tertiary alicyclic amines) is 1. The summed E-state index contributed by atoms with van der Waals surface area (Å²) < 4.78 is 0. The van der Waals surface area contributed by atoms with Crippen molar-refractivity contribution in [3.05, 3.63) is 34.9 Å². The molecule has 2 aliphatic rings. The maximum absolute atomic E-state index is 11.8. The monoisotopic (exact) mass is 244 g/mol. The number of carbonyl (C=O) groups is 2. The van der Waals surface area contributed by atoms with Gasteiger partial charge in [0.2, 0.25) is 11.8 Å². The molecule has 4 nitrogen and oxygen atoms in total. The summed E-state index contributed by atoms with van der Waals surface area (Å²) in [5.74, 6) is -0.252. The molecule has 1 atom stereocenters. The van der Waals surface area contributed by atoms with E-state index in [1.807, 2.05) is 13.0 Å². The van der Waals surface area contributed by atoms with Crippen LogP contribution in [0.25, 0.3) is 0 Å². The first-order valence-corrected chi connectivity index (χ1v) is 6.31. The van der Waals surface area contributed by atoms with Gasteiger partial charge >= 0.3 is 0 Å². The highest BCUT2D eigenvalue weighted by atomic mass is 16.2. The summed E-state index contributed by atoms with van der Waals surface area (Å²) in [5.41, 5.74) is 3.62. The molecule has 0 spiro atoms. The van der Waals surface area contributed by atoms with Gasteiger partial charge in [0.05, 0.1) is 6.54 Å². The van der Waals surface area contributed by atoms with E-state index >= 15 is 0 Å². The zero-order valence-corrected chi connectivity index (χ0v) is 10.4. The summed E-state index contributed by atoms with van der Waals surface area (Å²) in [5, 5.41) is 3.29. The van der Waals surface area contributed by atoms with Crippen molar-refractivity contribution in [2.45, 2.75) is 33.0 Å². The molecule has 1 fully saturated rings. The number of amides is 2. The van der Waals surface area contributed by atoms with Crippen molar-refractivity contribution >= 4 is 11.8 Å². The highest BCUT2D eigenvalue weighted by Crippen LogP contribution is 2.23. The van der Waals surface area contributed by atoms with Crippen molar-refractivity contribution in [3.8, 4) is 0 Å². The van der Waals surface area contributed by atoms with Crippen LogP contribution in [0.5, 0.6) is 0 Å². The van der Waals surface area contributed by atoms with Crippen molar-refractivity contribution in [1.82, 2.24) is 10.2 Å². The fourth-order valence-corrected chi connectivity index (χ4v) is 2.64. The van der Waals surface area contributed by atoms with Gasteiger partial charge in [-0.25, -0.2) is 0 Å². The van der Waals surface area contributed by atoms with Crippen LogP contribution in [0.3, 0.4) is 0 Å². The molecule has 0 aromatic heterocycles. The Morgan fingerprint density at radius 1 is 1.28 bits per heavy atom. The predicted octanol–water partition coefficient (Wildman–Crippen LogP) is 1.18. The topological polar surface area (TPSA) is 49.4 Å². The Morgan fingerprint density at radius 2 is 2.06 bits per heavy atom. The first kappa shape index (κ1) is 11.4. The maximum atomic E-state index is 11.8. The Hall–Kier alpha value is -1.68. The van der Waals surface area contributed by atoms with E-state index < -0.39 is 0 Å². The van der Waals surface area contributed by atoms with E-state index in [9.17, 15) is 9.59 Å². The lowest BCUT2D eigenvalue weighted by atomic mass is 10.1. The minimum atomic E-state index is -0.159. The average Bonchev–Trinajstić information content (AvgIpc) is 2.89. The van der Waals surface area contributed by atoms with Crippen LogP contribution in [0.1, 0.15) is 30.0 Å². The van der Waals surface area contributed by atoms with E-state index in [1.165, 1.54) is 16.0 Å². The second kappa shape index (κ2) is 4.21. The molecule has 18 heavy (non-hydrogen) atoms. The van der Waals surface area contributed by atoms with Gasteiger partial charge in [-0.15, -0.1) is 0 Å². The molecule has 1 N–H and O–H groups in total. The van der Waals surface area contributed by atoms with Gasteiger partial charge in [0.15, 0.2) is 0 Å². The lowest BCUT2D eigenvalue weighted by molar-refractivity contribution is -0.139. The number of benzene rings is 1. The van der Waals surface area contributed by atoms with Crippen molar-refractivity contribution in [2.75, 3.05) is 0 Å². The number of nitrogens with one attached hydrogen (secondary N) is 1. The highest BCUT2D eigenvalue weighted by molar-refractivity contribution is 6.03. The standard InChI is InChI=1S/C14H16N2O2/c1-9-4-13(17)16(14(9)18)8-10-2-3-11-6-15-7-12(11)5-10/h2-3,5,9,15H,4,6-8H2,1H3. The number of fused-ring (bicyclic) bond motifs is 1. The number of hydrogen-bond acceptors (Lipinski definition) is 3. The van der Waals surface area contributed by atoms with E-state index in [0.717, 1.165) is 18.7 Å². The highest BCUT2D eigenvalue weighted by Gasteiger charge is 2.35. The number of hydrogen-bond donors (Lipinski definition) is 1. The van der Waals surface area contributed by atoms with Gasteiger partial charge < -0.3 is 5.32 Å². The summed E-state index contributed by atoms with van der Waals surface area (Å²) in [6.07, 6.45) is 0.353. The quantitative estimate of drug-likeness (QED) is 0.795. The van der Waals surface area contributed by atoms with Crippen LogP contribution in [-0.2, 0) is 29.2 Å². The van der Waals surface area contributed by atoms with Crippen molar-refractivity contribution in [3.63, 3.8) is 0 Å². The van der Waals surface area contributed by atoms with Crippen molar-refractivity contribution in [1.29, 1.82) is 0 Å². The molecule has 0 aliphatic carbocycles. The van der Waals surface area contributed by atoms with Gasteiger partial charge in [-0.1, -0.05) is 25.1 Å². The fraction of sp³-hybridized carbons (Fsp3) is 0.429. The Morgan fingerprint density at radius 3 is 2.78 bits per heavy atom. The van der Waals surface area contributed by atoms with E-state index in [-0.39, 0.29) is 17.7 Å². The molecule has 2 aliphatic heterocycles. The maximum Gasteiger partial charge on any atom is 0.232 e. The zero-order valence-electron chi connectivity index (χ0n) is 10.4. The molecule has 0 bridgehead atoms. The molecule has 0 radical (unpaired) electrons.